The smallest absolute Gasteiger partial charge is 0.241 e. The van der Waals surface area contributed by atoms with E-state index in [9.17, 15) is 9.90 Å². The normalized spacial score (nSPS) is 16.2. The number of hydrogen-bond acceptors (Lipinski definition) is 3. The molecule has 2 rings (SSSR count). The number of nitrogens with one attached hydrogen (secondary N) is 1. The molecule has 2 N–H and O–H groups in total. The fourth-order valence-corrected chi connectivity index (χ4v) is 2.60. The number of aromatic nitrogens is 2. The number of aryl methyl sites for hydroxylation is 1. The van der Waals surface area contributed by atoms with Gasteiger partial charge in [-0.05, 0) is 26.7 Å². The van der Waals surface area contributed by atoms with Gasteiger partial charge in [-0.15, -0.1) is 0 Å². The van der Waals surface area contributed by atoms with Crippen molar-refractivity contribution in [2.45, 2.75) is 58.7 Å². The van der Waals surface area contributed by atoms with Gasteiger partial charge < -0.3 is 10.4 Å². The fourth-order valence-electron chi connectivity index (χ4n) is 2.60. The number of aliphatic hydroxyl groups excluding tert-OH is 1. The van der Waals surface area contributed by atoms with Crippen LogP contribution < -0.4 is 5.32 Å². The SMILES string of the molecule is Cc1nn(CC(=O)NC2CCCC2)c(C)c1CO. The van der Waals surface area contributed by atoms with Gasteiger partial charge in [-0.2, -0.15) is 5.10 Å². The molecule has 0 saturated heterocycles. The molecule has 1 aliphatic carbocycles. The van der Waals surface area contributed by atoms with Crippen LogP contribution in [0.25, 0.3) is 0 Å². The number of hydrogen-bond donors (Lipinski definition) is 2. The highest BCUT2D eigenvalue weighted by atomic mass is 16.3. The summed E-state index contributed by atoms with van der Waals surface area (Å²) in [5.74, 6) is 0.0111. The Balaban J connectivity index is 1.98. The Hall–Kier alpha value is -1.36. The van der Waals surface area contributed by atoms with E-state index in [1.807, 2.05) is 13.8 Å². The molecule has 1 amide bonds. The highest BCUT2D eigenvalue weighted by molar-refractivity contribution is 5.76. The van der Waals surface area contributed by atoms with Gasteiger partial charge >= 0.3 is 0 Å². The van der Waals surface area contributed by atoms with Crippen LogP contribution in [-0.4, -0.2) is 26.8 Å². The first-order valence-corrected chi connectivity index (χ1v) is 6.55. The quantitative estimate of drug-likeness (QED) is 0.840. The summed E-state index contributed by atoms with van der Waals surface area (Å²) in [5, 5.41) is 16.6. The highest BCUT2D eigenvalue weighted by Gasteiger charge is 2.18. The Morgan fingerprint density at radius 2 is 2.11 bits per heavy atom. The van der Waals surface area contributed by atoms with Gasteiger partial charge in [0.15, 0.2) is 0 Å². The van der Waals surface area contributed by atoms with Gasteiger partial charge in [-0.25, -0.2) is 0 Å². The second kappa shape index (κ2) is 5.52. The maximum Gasteiger partial charge on any atom is 0.241 e. The average Bonchev–Trinajstić information content (AvgIpc) is 2.89. The minimum Gasteiger partial charge on any atom is -0.392 e. The van der Waals surface area contributed by atoms with Crippen LogP contribution in [0.5, 0.6) is 0 Å². The third-order valence-electron chi connectivity index (χ3n) is 3.70. The molecule has 1 saturated carbocycles. The van der Waals surface area contributed by atoms with Crippen LogP contribution in [0.4, 0.5) is 0 Å². The Morgan fingerprint density at radius 3 is 2.67 bits per heavy atom. The van der Waals surface area contributed by atoms with E-state index in [0.29, 0.717) is 6.04 Å². The Kier molecular flexibility index (Phi) is 4.01. The van der Waals surface area contributed by atoms with E-state index >= 15 is 0 Å². The van der Waals surface area contributed by atoms with Crippen LogP contribution in [0.2, 0.25) is 0 Å². The molecule has 1 fully saturated rings. The van der Waals surface area contributed by atoms with Crippen molar-refractivity contribution in [2.24, 2.45) is 0 Å². The molecule has 1 aliphatic rings. The third-order valence-corrected chi connectivity index (χ3v) is 3.70. The molecule has 0 unspecified atom stereocenters. The zero-order valence-corrected chi connectivity index (χ0v) is 11.1. The van der Waals surface area contributed by atoms with Crippen LogP contribution in [0, 0.1) is 13.8 Å². The summed E-state index contributed by atoms with van der Waals surface area (Å²) in [6, 6.07) is 0.340. The van der Waals surface area contributed by atoms with Crippen molar-refractivity contribution in [1.29, 1.82) is 0 Å². The minimum absolute atomic E-state index is 0.0111. The predicted octanol–water partition coefficient (Wildman–Crippen LogP) is 1.05. The second-order valence-electron chi connectivity index (χ2n) is 5.01. The second-order valence-corrected chi connectivity index (χ2v) is 5.01. The minimum atomic E-state index is -0.0259. The van der Waals surface area contributed by atoms with Crippen molar-refractivity contribution >= 4 is 5.91 Å². The third kappa shape index (κ3) is 2.72. The van der Waals surface area contributed by atoms with Crippen LogP contribution in [0.3, 0.4) is 0 Å². The van der Waals surface area contributed by atoms with E-state index in [1.54, 1.807) is 4.68 Å². The lowest BCUT2D eigenvalue weighted by Crippen LogP contribution is -2.35. The standard InChI is InChI=1S/C13H21N3O2/c1-9-12(8-17)10(2)16(15-9)7-13(18)14-11-5-3-4-6-11/h11,17H,3-8H2,1-2H3,(H,14,18). The average molecular weight is 251 g/mol. The monoisotopic (exact) mass is 251 g/mol. The molecule has 0 radical (unpaired) electrons. The van der Waals surface area contributed by atoms with Crippen molar-refractivity contribution in [3.63, 3.8) is 0 Å². The van der Waals surface area contributed by atoms with Crippen molar-refractivity contribution in [3.8, 4) is 0 Å². The number of aliphatic hydroxyl groups is 1. The summed E-state index contributed by atoms with van der Waals surface area (Å²) in [7, 11) is 0. The number of nitrogens with zero attached hydrogens (tertiary/aromatic N) is 2. The largest absolute Gasteiger partial charge is 0.392 e. The van der Waals surface area contributed by atoms with E-state index in [1.165, 1.54) is 12.8 Å². The van der Waals surface area contributed by atoms with Gasteiger partial charge in [0.25, 0.3) is 0 Å². The van der Waals surface area contributed by atoms with E-state index < -0.39 is 0 Å². The Labute approximate surface area is 107 Å². The molecule has 0 aromatic carbocycles. The number of rotatable bonds is 4. The maximum absolute atomic E-state index is 11.9. The summed E-state index contributed by atoms with van der Waals surface area (Å²) in [6.07, 6.45) is 4.59. The molecule has 0 spiro atoms. The summed E-state index contributed by atoms with van der Waals surface area (Å²) in [4.78, 5) is 11.9. The zero-order valence-electron chi connectivity index (χ0n) is 11.1. The van der Waals surface area contributed by atoms with Crippen molar-refractivity contribution < 1.29 is 9.90 Å². The Morgan fingerprint density at radius 1 is 1.44 bits per heavy atom. The molecule has 100 valence electrons. The van der Waals surface area contributed by atoms with E-state index in [-0.39, 0.29) is 19.1 Å². The number of carbonyl (C=O) groups excluding carboxylic acids is 1. The van der Waals surface area contributed by atoms with Crippen LogP contribution in [0.15, 0.2) is 0 Å². The summed E-state index contributed by atoms with van der Waals surface area (Å²) in [6.45, 7) is 3.95. The number of amides is 1. The molecule has 1 heterocycles. The van der Waals surface area contributed by atoms with Gasteiger partial charge in [0, 0.05) is 17.3 Å². The summed E-state index contributed by atoms with van der Waals surface area (Å²) in [5.41, 5.74) is 2.49. The van der Waals surface area contributed by atoms with Gasteiger partial charge in [0.05, 0.1) is 12.3 Å². The number of carbonyl (C=O) groups is 1. The van der Waals surface area contributed by atoms with E-state index in [2.05, 4.69) is 10.4 Å². The molecule has 0 bridgehead atoms. The summed E-state index contributed by atoms with van der Waals surface area (Å²) < 4.78 is 1.67. The molecule has 0 aliphatic heterocycles. The first-order chi connectivity index (χ1) is 8.61. The zero-order chi connectivity index (χ0) is 13.1. The topological polar surface area (TPSA) is 67.2 Å². The lowest BCUT2D eigenvalue weighted by atomic mass is 10.2. The van der Waals surface area contributed by atoms with Gasteiger partial charge in [-0.3, -0.25) is 9.48 Å². The van der Waals surface area contributed by atoms with Gasteiger partial charge in [-0.1, -0.05) is 12.8 Å². The van der Waals surface area contributed by atoms with E-state index in [4.69, 9.17) is 0 Å². The molecule has 1 aromatic heterocycles. The van der Waals surface area contributed by atoms with E-state index in [0.717, 1.165) is 29.8 Å². The predicted molar refractivity (Wildman–Crippen MR) is 68.0 cm³/mol. The van der Waals surface area contributed by atoms with Crippen LogP contribution in [0.1, 0.15) is 42.6 Å². The molecule has 0 atom stereocenters. The van der Waals surface area contributed by atoms with Crippen LogP contribution in [-0.2, 0) is 17.9 Å². The molecular formula is C13H21N3O2. The molecule has 5 nitrogen and oxygen atoms in total. The van der Waals surface area contributed by atoms with Gasteiger partial charge in [0.2, 0.25) is 5.91 Å². The molecule has 1 aromatic rings. The van der Waals surface area contributed by atoms with Gasteiger partial charge in [0.1, 0.15) is 6.54 Å². The van der Waals surface area contributed by atoms with Crippen molar-refractivity contribution in [1.82, 2.24) is 15.1 Å². The highest BCUT2D eigenvalue weighted by Crippen LogP contribution is 2.18. The first-order valence-electron chi connectivity index (χ1n) is 6.55. The van der Waals surface area contributed by atoms with Crippen molar-refractivity contribution in [2.75, 3.05) is 0 Å². The molecule has 5 heteroatoms. The van der Waals surface area contributed by atoms with Crippen molar-refractivity contribution in [3.05, 3.63) is 17.0 Å². The lowest BCUT2D eigenvalue weighted by molar-refractivity contribution is -0.122. The lowest BCUT2D eigenvalue weighted by Gasteiger charge is -2.12. The Bertz CT molecular complexity index is 434. The van der Waals surface area contributed by atoms with Crippen LogP contribution >= 0.6 is 0 Å². The fraction of sp³-hybridized carbons (Fsp3) is 0.692. The maximum atomic E-state index is 11.9. The first kappa shape index (κ1) is 13.1. The summed E-state index contributed by atoms with van der Waals surface area (Å²) >= 11 is 0. The molecule has 18 heavy (non-hydrogen) atoms. The molecular weight excluding hydrogens is 230 g/mol.